The molecule has 1 aliphatic heterocycles. The van der Waals surface area contributed by atoms with E-state index in [0.717, 1.165) is 12.2 Å². The topological polar surface area (TPSA) is 28.2 Å². The zero-order chi connectivity index (χ0) is 12.3. The first-order chi connectivity index (χ1) is 8.16. The fraction of sp³-hybridized carbons (Fsp3) is 0.615. The monoisotopic (exact) mass is 253 g/mol. The van der Waals surface area contributed by atoms with Gasteiger partial charge < -0.3 is 10.2 Å². The van der Waals surface area contributed by atoms with E-state index in [1.54, 1.807) is 6.20 Å². The van der Waals surface area contributed by atoms with Gasteiger partial charge in [-0.2, -0.15) is 0 Å². The highest BCUT2D eigenvalue weighted by Crippen LogP contribution is 2.24. The highest BCUT2D eigenvalue weighted by molar-refractivity contribution is 6.31. The Labute approximate surface area is 108 Å². The van der Waals surface area contributed by atoms with Gasteiger partial charge in [-0.05, 0) is 51.4 Å². The molecule has 1 aromatic heterocycles. The average Bonchev–Trinajstić information content (AvgIpc) is 2.32. The Morgan fingerprint density at radius 1 is 1.59 bits per heavy atom. The third-order valence-corrected chi connectivity index (χ3v) is 3.81. The van der Waals surface area contributed by atoms with Crippen LogP contribution in [0, 0.1) is 5.92 Å². The maximum atomic E-state index is 6.05. The minimum absolute atomic E-state index is 0.430. The summed E-state index contributed by atoms with van der Waals surface area (Å²) in [5, 5.41) is 4.04. The van der Waals surface area contributed by atoms with Crippen LogP contribution in [0.15, 0.2) is 18.3 Å². The van der Waals surface area contributed by atoms with Gasteiger partial charge in [-0.25, -0.2) is 4.98 Å². The van der Waals surface area contributed by atoms with Crippen LogP contribution in [0.5, 0.6) is 0 Å². The van der Waals surface area contributed by atoms with Crippen molar-refractivity contribution in [2.24, 2.45) is 5.92 Å². The second-order valence-electron chi connectivity index (χ2n) is 4.94. The number of pyridine rings is 1. The summed E-state index contributed by atoms with van der Waals surface area (Å²) in [6, 6.07) is 4.33. The number of anilines is 1. The Hall–Kier alpha value is -0.800. The van der Waals surface area contributed by atoms with E-state index in [2.05, 4.69) is 29.2 Å². The summed E-state index contributed by atoms with van der Waals surface area (Å²) in [6.45, 7) is 4.61. The predicted molar refractivity (Wildman–Crippen MR) is 72.6 cm³/mol. The van der Waals surface area contributed by atoms with E-state index in [1.165, 1.54) is 19.4 Å². The molecule has 1 aromatic rings. The zero-order valence-corrected chi connectivity index (χ0v) is 11.2. The lowest BCUT2D eigenvalue weighted by Gasteiger charge is -2.34. The largest absolute Gasteiger partial charge is 0.380 e. The van der Waals surface area contributed by atoms with Crippen LogP contribution in [0.25, 0.3) is 0 Å². The maximum absolute atomic E-state index is 6.05. The van der Waals surface area contributed by atoms with E-state index in [9.17, 15) is 0 Å². The molecule has 1 saturated heterocycles. The molecule has 1 aliphatic rings. The van der Waals surface area contributed by atoms with E-state index in [0.29, 0.717) is 17.1 Å². The lowest BCUT2D eigenvalue weighted by Crippen LogP contribution is -2.39. The molecule has 0 aromatic carbocycles. The van der Waals surface area contributed by atoms with Crippen LogP contribution in [-0.4, -0.2) is 36.1 Å². The maximum Gasteiger partial charge on any atom is 0.152 e. The molecule has 2 atom stereocenters. The minimum Gasteiger partial charge on any atom is -0.380 e. The van der Waals surface area contributed by atoms with Crippen molar-refractivity contribution in [2.45, 2.75) is 25.8 Å². The number of halogens is 1. The fourth-order valence-corrected chi connectivity index (χ4v) is 2.65. The molecule has 0 radical (unpaired) electrons. The van der Waals surface area contributed by atoms with Crippen LogP contribution in [0.3, 0.4) is 0 Å². The van der Waals surface area contributed by atoms with Crippen LogP contribution < -0.4 is 5.32 Å². The van der Waals surface area contributed by atoms with Gasteiger partial charge in [-0.3, -0.25) is 0 Å². The van der Waals surface area contributed by atoms with Gasteiger partial charge in [-0.15, -0.1) is 0 Å². The molecule has 4 heteroatoms. The van der Waals surface area contributed by atoms with Gasteiger partial charge >= 0.3 is 0 Å². The fourth-order valence-electron chi connectivity index (χ4n) is 2.47. The highest BCUT2D eigenvalue weighted by atomic mass is 35.5. The van der Waals surface area contributed by atoms with Gasteiger partial charge in [0.2, 0.25) is 0 Å². The first-order valence-electron chi connectivity index (χ1n) is 6.22. The molecule has 1 fully saturated rings. The third-order valence-electron chi connectivity index (χ3n) is 3.51. The molecule has 1 N–H and O–H groups in total. The van der Waals surface area contributed by atoms with Crippen LogP contribution in [-0.2, 0) is 0 Å². The van der Waals surface area contributed by atoms with Gasteiger partial charge in [0.15, 0.2) is 5.15 Å². The van der Waals surface area contributed by atoms with Gasteiger partial charge in [0.05, 0.1) is 5.69 Å². The minimum atomic E-state index is 0.430. The Kier molecular flexibility index (Phi) is 4.24. The van der Waals surface area contributed by atoms with Crippen molar-refractivity contribution >= 4 is 17.3 Å². The lowest BCUT2D eigenvalue weighted by atomic mass is 9.92. The van der Waals surface area contributed by atoms with Crippen molar-refractivity contribution in [3.8, 4) is 0 Å². The summed E-state index contributed by atoms with van der Waals surface area (Å²) in [4.78, 5) is 6.48. The lowest BCUT2D eigenvalue weighted by molar-refractivity contribution is 0.197. The van der Waals surface area contributed by atoms with Gasteiger partial charge in [0.25, 0.3) is 0 Å². The summed E-state index contributed by atoms with van der Waals surface area (Å²) in [7, 11) is 2.19. The molecule has 2 rings (SSSR count). The van der Waals surface area contributed by atoms with E-state index in [4.69, 9.17) is 11.6 Å². The summed E-state index contributed by atoms with van der Waals surface area (Å²) < 4.78 is 0. The normalized spacial score (nSPS) is 23.4. The van der Waals surface area contributed by atoms with Gasteiger partial charge in [-0.1, -0.05) is 11.6 Å². The first kappa shape index (κ1) is 12.7. The number of nitrogens with zero attached hydrogens (tertiary/aromatic N) is 2. The molecular weight excluding hydrogens is 234 g/mol. The SMILES string of the molecule is CC(Nc1cccnc1Cl)C1CCCN(C)C1. The van der Waals surface area contributed by atoms with Gasteiger partial charge in [0.1, 0.15) is 0 Å². The molecule has 2 unspecified atom stereocenters. The number of hydrogen-bond donors (Lipinski definition) is 1. The number of rotatable bonds is 3. The molecule has 0 bridgehead atoms. The smallest absolute Gasteiger partial charge is 0.152 e. The summed E-state index contributed by atoms with van der Waals surface area (Å²) >= 11 is 6.05. The number of piperidine rings is 1. The summed E-state index contributed by atoms with van der Waals surface area (Å²) in [5.74, 6) is 0.685. The number of hydrogen-bond acceptors (Lipinski definition) is 3. The third kappa shape index (κ3) is 3.33. The van der Waals surface area contributed by atoms with E-state index < -0.39 is 0 Å². The average molecular weight is 254 g/mol. The van der Waals surface area contributed by atoms with Gasteiger partial charge in [0, 0.05) is 18.8 Å². The van der Waals surface area contributed by atoms with E-state index >= 15 is 0 Å². The van der Waals surface area contributed by atoms with E-state index in [1.807, 2.05) is 12.1 Å². The van der Waals surface area contributed by atoms with Crippen LogP contribution in [0.2, 0.25) is 5.15 Å². The molecule has 0 saturated carbocycles. The molecule has 0 amide bonds. The molecule has 0 spiro atoms. The van der Waals surface area contributed by atoms with E-state index in [-0.39, 0.29) is 0 Å². The predicted octanol–water partition coefficient (Wildman–Crippen LogP) is 2.88. The standard InChI is InChI=1S/C13H20ClN3/c1-10(11-5-4-8-17(2)9-11)16-12-6-3-7-15-13(12)14/h3,6-7,10-11,16H,4-5,8-9H2,1-2H3. The number of aromatic nitrogens is 1. The first-order valence-corrected chi connectivity index (χ1v) is 6.60. The van der Waals surface area contributed by atoms with Crippen molar-refractivity contribution in [1.82, 2.24) is 9.88 Å². The second kappa shape index (κ2) is 5.69. The number of nitrogens with one attached hydrogen (secondary N) is 1. The summed E-state index contributed by atoms with van der Waals surface area (Å²) in [5.41, 5.74) is 0.940. The van der Waals surface area contributed by atoms with Crippen molar-refractivity contribution in [1.29, 1.82) is 0 Å². The summed E-state index contributed by atoms with van der Waals surface area (Å²) in [6.07, 6.45) is 4.29. The Morgan fingerprint density at radius 3 is 3.12 bits per heavy atom. The van der Waals surface area contributed by atoms with Crippen molar-refractivity contribution in [3.63, 3.8) is 0 Å². The molecule has 94 valence electrons. The van der Waals surface area contributed by atoms with Crippen LogP contribution in [0.4, 0.5) is 5.69 Å². The second-order valence-corrected chi connectivity index (χ2v) is 5.30. The number of likely N-dealkylation sites (tertiary alicyclic amines) is 1. The molecule has 17 heavy (non-hydrogen) atoms. The van der Waals surface area contributed by atoms with Crippen molar-refractivity contribution in [2.75, 3.05) is 25.5 Å². The Bertz CT molecular complexity index is 369. The molecule has 0 aliphatic carbocycles. The molecule has 2 heterocycles. The van der Waals surface area contributed by atoms with Crippen molar-refractivity contribution in [3.05, 3.63) is 23.5 Å². The quantitative estimate of drug-likeness (QED) is 0.840. The Morgan fingerprint density at radius 2 is 2.41 bits per heavy atom. The molecular formula is C13H20ClN3. The highest BCUT2D eigenvalue weighted by Gasteiger charge is 2.23. The van der Waals surface area contributed by atoms with Crippen LogP contribution >= 0.6 is 11.6 Å². The Balaban J connectivity index is 1.96. The van der Waals surface area contributed by atoms with Crippen molar-refractivity contribution < 1.29 is 0 Å². The van der Waals surface area contributed by atoms with Crippen LogP contribution in [0.1, 0.15) is 19.8 Å². The molecule has 3 nitrogen and oxygen atoms in total. The zero-order valence-electron chi connectivity index (χ0n) is 10.5.